The van der Waals surface area contributed by atoms with Crippen LogP contribution in [0.15, 0.2) is 36.4 Å². The van der Waals surface area contributed by atoms with Crippen molar-refractivity contribution in [2.75, 3.05) is 5.32 Å². The molecule has 23 heavy (non-hydrogen) atoms. The number of H-pyrrole nitrogens is 1. The molecule has 0 fully saturated rings. The van der Waals surface area contributed by atoms with Crippen LogP contribution in [-0.4, -0.2) is 21.0 Å². The van der Waals surface area contributed by atoms with E-state index in [4.69, 9.17) is 0 Å². The molecule has 0 atom stereocenters. The number of aromatic nitrogens is 2. The van der Waals surface area contributed by atoms with E-state index in [1.165, 1.54) is 24.3 Å². The Morgan fingerprint density at radius 3 is 2.78 bits per heavy atom. The summed E-state index contributed by atoms with van der Waals surface area (Å²) in [5.74, 6) is -1.02. The molecule has 0 unspecified atom stereocenters. The van der Waals surface area contributed by atoms with Gasteiger partial charge in [-0.2, -0.15) is 5.10 Å². The lowest BCUT2D eigenvalue weighted by Crippen LogP contribution is -2.13. The van der Waals surface area contributed by atoms with Gasteiger partial charge in [-0.25, -0.2) is 4.39 Å². The van der Waals surface area contributed by atoms with Crippen molar-refractivity contribution in [1.82, 2.24) is 10.2 Å². The zero-order chi connectivity index (χ0) is 16.6. The predicted octanol–water partition coefficient (Wildman–Crippen LogP) is 3.17. The molecule has 3 rings (SSSR count). The molecule has 1 aromatic heterocycles. The second kappa shape index (κ2) is 5.48. The zero-order valence-electron chi connectivity index (χ0n) is 12.0. The minimum Gasteiger partial charge on any atom is -0.320 e. The van der Waals surface area contributed by atoms with E-state index < -0.39 is 16.6 Å². The van der Waals surface area contributed by atoms with E-state index >= 15 is 0 Å². The number of nitro groups is 1. The lowest BCUT2D eigenvalue weighted by atomic mass is 10.1. The number of nitrogens with zero attached hydrogens (tertiary/aromatic N) is 2. The number of carbonyl (C=O) groups is 1. The van der Waals surface area contributed by atoms with Crippen molar-refractivity contribution in [3.05, 3.63) is 63.6 Å². The summed E-state index contributed by atoms with van der Waals surface area (Å²) in [4.78, 5) is 22.6. The molecule has 0 radical (unpaired) electrons. The summed E-state index contributed by atoms with van der Waals surface area (Å²) < 4.78 is 13.5. The lowest BCUT2D eigenvalue weighted by molar-refractivity contribution is -0.384. The number of nitrogens with one attached hydrogen (secondary N) is 2. The van der Waals surface area contributed by atoms with Crippen molar-refractivity contribution in [1.29, 1.82) is 0 Å². The summed E-state index contributed by atoms with van der Waals surface area (Å²) in [6.45, 7) is 1.61. The number of hydrogen-bond acceptors (Lipinski definition) is 4. The van der Waals surface area contributed by atoms with Crippen molar-refractivity contribution >= 4 is 28.2 Å². The summed E-state index contributed by atoms with van der Waals surface area (Å²) >= 11 is 0. The van der Waals surface area contributed by atoms with E-state index in [0.29, 0.717) is 16.5 Å². The fourth-order valence-corrected chi connectivity index (χ4v) is 2.15. The second-order valence-corrected chi connectivity index (χ2v) is 4.98. The van der Waals surface area contributed by atoms with Crippen molar-refractivity contribution in [3.8, 4) is 0 Å². The van der Waals surface area contributed by atoms with E-state index in [2.05, 4.69) is 15.5 Å². The first-order chi connectivity index (χ1) is 11.0. The third-order valence-electron chi connectivity index (χ3n) is 3.40. The van der Waals surface area contributed by atoms with Gasteiger partial charge in [-0.3, -0.25) is 20.0 Å². The Hall–Kier alpha value is -3.29. The highest BCUT2D eigenvalue weighted by Gasteiger charge is 2.17. The van der Waals surface area contributed by atoms with Crippen LogP contribution < -0.4 is 5.32 Å². The van der Waals surface area contributed by atoms with E-state index in [-0.39, 0.29) is 17.1 Å². The number of nitro benzene ring substituents is 1. The maximum Gasteiger partial charge on any atom is 0.276 e. The number of non-ortho nitro benzene ring substituents is 1. The molecule has 1 heterocycles. The van der Waals surface area contributed by atoms with Crippen LogP contribution >= 0.6 is 0 Å². The average Bonchev–Trinajstić information content (AvgIpc) is 2.94. The Morgan fingerprint density at radius 1 is 1.30 bits per heavy atom. The van der Waals surface area contributed by atoms with Gasteiger partial charge in [-0.15, -0.1) is 0 Å². The molecule has 0 bridgehead atoms. The zero-order valence-corrected chi connectivity index (χ0v) is 12.0. The van der Waals surface area contributed by atoms with Gasteiger partial charge in [0.25, 0.3) is 11.6 Å². The largest absolute Gasteiger partial charge is 0.320 e. The minimum absolute atomic E-state index is 0.00434. The number of benzene rings is 2. The Balaban J connectivity index is 1.95. The maximum absolute atomic E-state index is 13.5. The molecule has 2 aromatic carbocycles. The van der Waals surface area contributed by atoms with Crippen LogP contribution in [0.3, 0.4) is 0 Å². The van der Waals surface area contributed by atoms with Gasteiger partial charge in [0, 0.05) is 23.2 Å². The van der Waals surface area contributed by atoms with Gasteiger partial charge < -0.3 is 5.32 Å². The molecule has 7 nitrogen and oxygen atoms in total. The van der Waals surface area contributed by atoms with Crippen LogP contribution in [0.5, 0.6) is 0 Å². The van der Waals surface area contributed by atoms with Crippen LogP contribution in [0.1, 0.15) is 16.1 Å². The highest BCUT2D eigenvalue weighted by molar-refractivity contribution is 6.11. The normalized spacial score (nSPS) is 10.7. The Morgan fingerprint density at radius 2 is 2.09 bits per heavy atom. The molecule has 0 saturated carbocycles. The van der Waals surface area contributed by atoms with Crippen molar-refractivity contribution < 1.29 is 14.1 Å². The average molecular weight is 314 g/mol. The Kier molecular flexibility index (Phi) is 3.49. The van der Waals surface area contributed by atoms with Gasteiger partial charge in [-0.05, 0) is 30.7 Å². The molecule has 2 N–H and O–H groups in total. The molecule has 8 heteroatoms. The SMILES string of the molecule is Cc1ccc(NC(=O)c2n[nH]c3ccc([N+](=O)[O-])cc23)cc1F. The molecule has 0 spiro atoms. The first-order valence-corrected chi connectivity index (χ1v) is 6.66. The standard InChI is InChI=1S/C15H11FN4O3/c1-8-2-3-9(6-12(8)16)17-15(21)14-11-7-10(20(22)23)4-5-13(11)18-19-14/h2-7H,1H3,(H,17,21)(H,18,19). The summed E-state index contributed by atoms with van der Waals surface area (Å²) in [5, 5.41) is 20.2. The topological polar surface area (TPSA) is 101 Å². The van der Waals surface area contributed by atoms with Gasteiger partial charge >= 0.3 is 0 Å². The molecule has 3 aromatic rings. The van der Waals surface area contributed by atoms with Crippen LogP contribution in [0.25, 0.3) is 10.9 Å². The molecular formula is C15H11FN4O3. The fraction of sp³-hybridized carbons (Fsp3) is 0.0667. The van der Waals surface area contributed by atoms with Gasteiger partial charge in [0.05, 0.1) is 10.4 Å². The molecular weight excluding hydrogens is 303 g/mol. The van der Waals surface area contributed by atoms with Gasteiger partial charge in [0.15, 0.2) is 5.69 Å². The number of halogens is 1. The number of hydrogen-bond donors (Lipinski definition) is 2. The van der Waals surface area contributed by atoms with Gasteiger partial charge in [-0.1, -0.05) is 6.07 Å². The quantitative estimate of drug-likeness (QED) is 0.572. The molecule has 1 amide bonds. The highest BCUT2D eigenvalue weighted by atomic mass is 19.1. The monoisotopic (exact) mass is 314 g/mol. The van der Waals surface area contributed by atoms with Crippen LogP contribution in [0.2, 0.25) is 0 Å². The van der Waals surface area contributed by atoms with Gasteiger partial charge in [0.1, 0.15) is 5.82 Å². The number of carbonyl (C=O) groups excluding carboxylic acids is 1. The third kappa shape index (κ3) is 2.73. The van der Waals surface area contributed by atoms with E-state index in [9.17, 15) is 19.3 Å². The van der Waals surface area contributed by atoms with Gasteiger partial charge in [0.2, 0.25) is 0 Å². The number of amides is 1. The van der Waals surface area contributed by atoms with Crippen LogP contribution in [0, 0.1) is 22.9 Å². The predicted molar refractivity (Wildman–Crippen MR) is 81.8 cm³/mol. The van der Waals surface area contributed by atoms with Crippen LogP contribution in [-0.2, 0) is 0 Å². The number of anilines is 1. The van der Waals surface area contributed by atoms with Crippen molar-refractivity contribution in [3.63, 3.8) is 0 Å². The fourth-order valence-electron chi connectivity index (χ4n) is 2.15. The number of aryl methyl sites for hydroxylation is 1. The number of fused-ring (bicyclic) bond motifs is 1. The first kappa shape index (κ1) is 14.6. The second-order valence-electron chi connectivity index (χ2n) is 4.98. The van der Waals surface area contributed by atoms with E-state index in [1.807, 2.05) is 0 Å². The molecule has 0 aliphatic heterocycles. The molecule has 116 valence electrons. The Bertz CT molecular complexity index is 936. The summed E-state index contributed by atoms with van der Waals surface area (Å²) in [7, 11) is 0. The van der Waals surface area contributed by atoms with Crippen molar-refractivity contribution in [2.45, 2.75) is 6.92 Å². The number of rotatable bonds is 3. The molecule has 0 aliphatic carbocycles. The summed E-state index contributed by atoms with van der Waals surface area (Å²) in [6, 6.07) is 8.36. The smallest absolute Gasteiger partial charge is 0.276 e. The first-order valence-electron chi connectivity index (χ1n) is 6.66. The molecule has 0 aliphatic rings. The lowest BCUT2D eigenvalue weighted by Gasteiger charge is -2.05. The highest BCUT2D eigenvalue weighted by Crippen LogP contribution is 2.23. The minimum atomic E-state index is -0.583. The van der Waals surface area contributed by atoms with E-state index in [1.54, 1.807) is 19.1 Å². The third-order valence-corrected chi connectivity index (χ3v) is 3.40. The van der Waals surface area contributed by atoms with Crippen molar-refractivity contribution in [2.24, 2.45) is 0 Å². The Labute approximate surface area is 129 Å². The van der Waals surface area contributed by atoms with Crippen LogP contribution in [0.4, 0.5) is 15.8 Å². The summed E-state index contributed by atoms with van der Waals surface area (Å²) in [6.07, 6.45) is 0. The van der Waals surface area contributed by atoms with E-state index in [0.717, 1.165) is 0 Å². The maximum atomic E-state index is 13.5. The number of aromatic amines is 1. The molecule has 0 saturated heterocycles. The summed E-state index contributed by atoms with van der Waals surface area (Å²) in [5.41, 5.74) is 1.10.